The summed E-state index contributed by atoms with van der Waals surface area (Å²) in [5.74, 6) is -3.74. The minimum atomic E-state index is -1.31. The first-order chi connectivity index (χ1) is 11.8. The van der Waals surface area contributed by atoms with E-state index in [4.69, 9.17) is 0 Å². The van der Waals surface area contributed by atoms with Crippen LogP contribution in [0.15, 0.2) is 40.3 Å². The molecule has 0 radical (unpaired) electrons. The number of benzene rings is 1. The minimum absolute atomic E-state index is 0.224. The van der Waals surface area contributed by atoms with Crippen LogP contribution < -0.4 is 0 Å². The summed E-state index contributed by atoms with van der Waals surface area (Å²) in [6.45, 7) is 5.09. The highest BCUT2D eigenvalue weighted by Gasteiger charge is 2.48. The number of allylic oxidation sites excluding steroid dienone is 2. The number of methoxy groups -OCH3 is 1. The van der Waals surface area contributed by atoms with E-state index in [1.807, 2.05) is 37.3 Å². The predicted molar refractivity (Wildman–Crippen MR) is 93.8 cm³/mol. The molecule has 1 aromatic rings. The number of carbonyl (C=O) groups excluding carboxylic acids is 3. The highest BCUT2D eigenvalue weighted by atomic mass is 32.2. The predicted octanol–water partition coefficient (Wildman–Crippen LogP) is 2.87. The van der Waals surface area contributed by atoms with Gasteiger partial charge >= 0.3 is 5.97 Å². The van der Waals surface area contributed by atoms with Gasteiger partial charge in [0.05, 0.1) is 24.3 Å². The van der Waals surface area contributed by atoms with E-state index in [9.17, 15) is 19.6 Å². The summed E-state index contributed by atoms with van der Waals surface area (Å²) in [5.41, 5.74) is 1.71. The Morgan fingerprint density at radius 3 is 2.40 bits per heavy atom. The van der Waals surface area contributed by atoms with Gasteiger partial charge in [-0.2, -0.15) is 5.26 Å². The highest BCUT2D eigenvalue weighted by molar-refractivity contribution is 8.00. The van der Waals surface area contributed by atoms with Crippen molar-refractivity contribution in [1.29, 1.82) is 5.26 Å². The summed E-state index contributed by atoms with van der Waals surface area (Å²) in [6, 6.07) is 9.38. The van der Waals surface area contributed by atoms with Gasteiger partial charge < -0.3 is 4.74 Å². The van der Waals surface area contributed by atoms with Gasteiger partial charge in [0.25, 0.3) is 0 Å². The van der Waals surface area contributed by atoms with Crippen molar-refractivity contribution in [3.63, 3.8) is 0 Å². The Kier molecular flexibility index (Phi) is 5.81. The van der Waals surface area contributed by atoms with Gasteiger partial charge in [-0.15, -0.1) is 11.8 Å². The maximum Gasteiger partial charge on any atom is 0.323 e. The van der Waals surface area contributed by atoms with Crippen LogP contribution in [0.2, 0.25) is 0 Å². The molecule has 1 aromatic carbocycles. The highest BCUT2D eigenvalue weighted by Crippen LogP contribution is 2.40. The summed E-state index contributed by atoms with van der Waals surface area (Å²) in [4.78, 5) is 38.4. The minimum Gasteiger partial charge on any atom is -0.468 e. The number of aryl methyl sites for hydroxylation is 1. The molecule has 0 saturated carbocycles. The molecular formula is C19H19NO4S. The Morgan fingerprint density at radius 1 is 1.20 bits per heavy atom. The molecule has 5 nitrogen and oxygen atoms in total. The number of ketones is 2. The first kappa shape index (κ1) is 18.9. The number of carbonyl (C=O) groups is 3. The molecule has 6 heteroatoms. The van der Waals surface area contributed by atoms with Crippen molar-refractivity contribution >= 4 is 29.3 Å². The van der Waals surface area contributed by atoms with E-state index in [0.717, 1.165) is 10.5 Å². The summed E-state index contributed by atoms with van der Waals surface area (Å²) < 4.78 is 4.67. The second kappa shape index (κ2) is 7.66. The Labute approximate surface area is 151 Å². The van der Waals surface area contributed by atoms with Crippen LogP contribution in [0.1, 0.15) is 19.4 Å². The standard InChI is InChI=1S/C19H19NO4S/c1-10-6-5-7-13(8-10)25-18-15(14(9-20)19(23)24-4)16(21)11(2)12(3)17(18)22/h5-8,14-15,18H,1-4H3. The largest absolute Gasteiger partial charge is 0.468 e. The van der Waals surface area contributed by atoms with Gasteiger partial charge in [0.15, 0.2) is 17.5 Å². The van der Waals surface area contributed by atoms with Crippen molar-refractivity contribution < 1.29 is 19.1 Å². The van der Waals surface area contributed by atoms with Crippen molar-refractivity contribution in [2.75, 3.05) is 7.11 Å². The molecule has 25 heavy (non-hydrogen) atoms. The fraction of sp³-hybridized carbons (Fsp3) is 0.368. The van der Waals surface area contributed by atoms with Crippen LogP contribution in [0, 0.1) is 30.1 Å². The molecule has 3 atom stereocenters. The average molecular weight is 357 g/mol. The zero-order chi connectivity index (χ0) is 18.7. The van der Waals surface area contributed by atoms with E-state index in [1.165, 1.54) is 18.9 Å². The van der Waals surface area contributed by atoms with Gasteiger partial charge in [0.2, 0.25) is 0 Å². The molecule has 0 aliphatic heterocycles. The molecule has 0 saturated heterocycles. The maximum atomic E-state index is 12.8. The van der Waals surface area contributed by atoms with Crippen LogP contribution in [0.3, 0.4) is 0 Å². The topological polar surface area (TPSA) is 84.2 Å². The lowest BCUT2D eigenvalue weighted by molar-refractivity contribution is -0.147. The number of hydrogen-bond acceptors (Lipinski definition) is 6. The van der Waals surface area contributed by atoms with E-state index in [1.54, 1.807) is 13.8 Å². The average Bonchev–Trinajstić information content (AvgIpc) is 2.60. The van der Waals surface area contributed by atoms with E-state index in [-0.39, 0.29) is 11.6 Å². The van der Waals surface area contributed by atoms with Crippen LogP contribution in [0.4, 0.5) is 0 Å². The molecule has 2 rings (SSSR count). The number of ether oxygens (including phenoxy) is 1. The zero-order valence-electron chi connectivity index (χ0n) is 14.5. The first-order valence-corrected chi connectivity index (χ1v) is 8.66. The van der Waals surface area contributed by atoms with Gasteiger partial charge in [-0.25, -0.2) is 0 Å². The van der Waals surface area contributed by atoms with Crippen molar-refractivity contribution in [3.05, 3.63) is 41.0 Å². The smallest absolute Gasteiger partial charge is 0.323 e. The normalized spacial score (nSPS) is 21.7. The molecule has 0 bridgehead atoms. The Balaban J connectivity index is 2.51. The second-order valence-corrected chi connectivity index (χ2v) is 7.20. The Bertz CT molecular complexity index is 806. The van der Waals surface area contributed by atoms with E-state index >= 15 is 0 Å². The molecule has 0 N–H and O–H groups in total. The number of nitrogens with zero attached hydrogens (tertiary/aromatic N) is 1. The summed E-state index contributed by atoms with van der Waals surface area (Å²) >= 11 is 1.21. The van der Waals surface area contributed by atoms with Gasteiger partial charge in [0.1, 0.15) is 0 Å². The maximum absolute atomic E-state index is 12.8. The van der Waals surface area contributed by atoms with Crippen molar-refractivity contribution in [1.82, 2.24) is 0 Å². The third-order valence-electron chi connectivity index (χ3n) is 4.39. The number of esters is 1. The molecule has 0 fully saturated rings. The first-order valence-electron chi connectivity index (χ1n) is 7.78. The summed E-state index contributed by atoms with van der Waals surface area (Å²) in [6.07, 6.45) is 0. The quantitative estimate of drug-likeness (QED) is 0.771. The number of nitriles is 1. The number of Topliss-reactive ketones (excluding diaryl/α,β-unsaturated/α-hetero) is 2. The zero-order valence-corrected chi connectivity index (χ0v) is 15.3. The van der Waals surface area contributed by atoms with E-state index in [2.05, 4.69) is 4.74 Å². The van der Waals surface area contributed by atoms with Crippen LogP contribution >= 0.6 is 11.8 Å². The SMILES string of the molecule is COC(=O)C(C#N)C1C(=O)C(C)=C(C)C(=O)C1Sc1cccc(C)c1. The van der Waals surface area contributed by atoms with Crippen molar-refractivity contribution in [3.8, 4) is 6.07 Å². The van der Waals surface area contributed by atoms with Gasteiger partial charge in [-0.05, 0) is 44.1 Å². The van der Waals surface area contributed by atoms with Gasteiger partial charge in [-0.1, -0.05) is 17.7 Å². The molecule has 0 heterocycles. The number of rotatable bonds is 4. The van der Waals surface area contributed by atoms with Crippen molar-refractivity contribution in [2.24, 2.45) is 11.8 Å². The number of hydrogen-bond donors (Lipinski definition) is 0. The molecule has 130 valence electrons. The van der Waals surface area contributed by atoms with E-state index < -0.39 is 23.1 Å². The fourth-order valence-corrected chi connectivity index (χ4v) is 4.24. The fourth-order valence-electron chi connectivity index (χ4n) is 2.83. The number of thioether (sulfide) groups is 1. The summed E-state index contributed by atoms with van der Waals surface area (Å²) in [7, 11) is 1.17. The van der Waals surface area contributed by atoms with E-state index in [0.29, 0.717) is 11.1 Å². The Hall–Kier alpha value is -2.39. The molecule has 1 aliphatic rings. The lowest BCUT2D eigenvalue weighted by Gasteiger charge is -2.31. The molecular weight excluding hydrogens is 338 g/mol. The van der Waals surface area contributed by atoms with Crippen LogP contribution in [-0.2, 0) is 19.1 Å². The molecule has 0 aromatic heterocycles. The molecule has 1 aliphatic carbocycles. The molecule has 0 spiro atoms. The third-order valence-corrected chi connectivity index (χ3v) is 5.68. The second-order valence-electron chi connectivity index (χ2n) is 5.99. The monoisotopic (exact) mass is 357 g/mol. The van der Waals surface area contributed by atoms with Crippen LogP contribution in [-0.4, -0.2) is 29.9 Å². The molecule has 3 unspecified atom stereocenters. The summed E-state index contributed by atoms with van der Waals surface area (Å²) in [5, 5.41) is 8.59. The Morgan fingerprint density at radius 2 is 1.84 bits per heavy atom. The lowest BCUT2D eigenvalue weighted by atomic mass is 9.76. The molecule has 0 amide bonds. The van der Waals surface area contributed by atoms with Crippen LogP contribution in [0.5, 0.6) is 0 Å². The van der Waals surface area contributed by atoms with Gasteiger partial charge in [-0.3, -0.25) is 14.4 Å². The van der Waals surface area contributed by atoms with Crippen LogP contribution in [0.25, 0.3) is 0 Å². The van der Waals surface area contributed by atoms with Gasteiger partial charge in [0, 0.05) is 4.90 Å². The lowest BCUT2D eigenvalue weighted by Crippen LogP contribution is -2.45. The third kappa shape index (κ3) is 3.67. The van der Waals surface area contributed by atoms with Crippen molar-refractivity contribution in [2.45, 2.75) is 30.9 Å².